The lowest BCUT2D eigenvalue weighted by Crippen LogP contribution is -2.28. The normalized spacial score (nSPS) is 15.5. The predicted octanol–water partition coefficient (Wildman–Crippen LogP) is 5.17. The number of fused-ring (bicyclic) bond motifs is 1. The number of piperidine rings is 1. The van der Waals surface area contributed by atoms with Crippen molar-refractivity contribution in [1.29, 1.82) is 0 Å². The van der Waals surface area contributed by atoms with E-state index in [-0.39, 0.29) is 0 Å². The van der Waals surface area contributed by atoms with Gasteiger partial charge in [0.2, 0.25) is 0 Å². The van der Waals surface area contributed by atoms with Crippen LogP contribution < -0.4 is 10.1 Å². The van der Waals surface area contributed by atoms with E-state index in [1.807, 2.05) is 12.1 Å². The molecule has 0 unspecified atom stereocenters. The summed E-state index contributed by atoms with van der Waals surface area (Å²) in [5.41, 5.74) is 1.41. The van der Waals surface area contributed by atoms with E-state index in [0.717, 1.165) is 35.9 Å². The molecule has 24 heavy (non-hydrogen) atoms. The fourth-order valence-corrected chi connectivity index (χ4v) is 3.52. The van der Waals surface area contributed by atoms with Crippen LogP contribution in [0.1, 0.15) is 18.4 Å². The molecule has 1 N–H and O–H groups in total. The van der Waals surface area contributed by atoms with Gasteiger partial charge in [0.05, 0.1) is 0 Å². The van der Waals surface area contributed by atoms with E-state index < -0.39 is 0 Å². The van der Waals surface area contributed by atoms with Crippen molar-refractivity contribution in [3.05, 3.63) is 72.3 Å². The lowest BCUT2D eigenvalue weighted by Gasteiger charge is -2.22. The van der Waals surface area contributed by atoms with Crippen LogP contribution in [0, 0.1) is 5.92 Å². The van der Waals surface area contributed by atoms with Crippen LogP contribution in [-0.4, -0.2) is 13.1 Å². The summed E-state index contributed by atoms with van der Waals surface area (Å²) >= 11 is 0. The molecule has 3 aromatic rings. The Bertz CT molecular complexity index is 798. The highest BCUT2D eigenvalue weighted by Crippen LogP contribution is 2.30. The van der Waals surface area contributed by atoms with E-state index in [1.54, 1.807) is 0 Å². The number of benzene rings is 3. The molecule has 3 aromatic carbocycles. The minimum atomic E-state index is 0.816. The van der Waals surface area contributed by atoms with Crippen LogP contribution in [0.4, 0.5) is 0 Å². The fraction of sp³-hybridized carbons (Fsp3) is 0.273. The lowest BCUT2D eigenvalue weighted by molar-refractivity contribution is 0.372. The molecule has 2 nitrogen and oxygen atoms in total. The quantitative estimate of drug-likeness (QED) is 0.716. The van der Waals surface area contributed by atoms with Gasteiger partial charge in [-0.2, -0.15) is 0 Å². The molecular formula is C22H23NO. The lowest BCUT2D eigenvalue weighted by atomic mass is 9.91. The van der Waals surface area contributed by atoms with Gasteiger partial charge < -0.3 is 10.1 Å². The predicted molar refractivity (Wildman–Crippen MR) is 99.8 cm³/mol. The molecule has 0 radical (unpaired) electrons. The fourth-order valence-electron chi connectivity index (χ4n) is 3.52. The third-order valence-corrected chi connectivity index (χ3v) is 4.88. The van der Waals surface area contributed by atoms with Gasteiger partial charge in [-0.1, -0.05) is 48.5 Å². The van der Waals surface area contributed by atoms with Gasteiger partial charge in [-0.25, -0.2) is 0 Å². The highest BCUT2D eigenvalue weighted by molar-refractivity contribution is 5.88. The van der Waals surface area contributed by atoms with Crippen LogP contribution in [0.3, 0.4) is 0 Å². The largest absolute Gasteiger partial charge is 0.457 e. The van der Waals surface area contributed by atoms with E-state index in [9.17, 15) is 0 Å². The summed E-state index contributed by atoms with van der Waals surface area (Å²) in [5, 5.41) is 5.79. The first-order valence-electron chi connectivity index (χ1n) is 8.84. The Hall–Kier alpha value is -2.32. The van der Waals surface area contributed by atoms with Gasteiger partial charge >= 0.3 is 0 Å². The van der Waals surface area contributed by atoms with Crippen LogP contribution in [0.25, 0.3) is 10.8 Å². The van der Waals surface area contributed by atoms with Gasteiger partial charge in [0, 0.05) is 5.39 Å². The van der Waals surface area contributed by atoms with Gasteiger partial charge in [-0.05, 0) is 67.4 Å². The molecule has 0 amide bonds. The molecule has 0 aromatic heterocycles. The van der Waals surface area contributed by atoms with Crippen LogP contribution in [-0.2, 0) is 6.42 Å². The topological polar surface area (TPSA) is 21.3 Å². The number of ether oxygens (including phenoxy) is 1. The van der Waals surface area contributed by atoms with Gasteiger partial charge in [0.1, 0.15) is 11.5 Å². The Morgan fingerprint density at radius 1 is 0.833 bits per heavy atom. The molecule has 0 saturated carbocycles. The summed E-state index contributed by atoms with van der Waals surface area (Å²) in [6.07, 6.45) is 3.75. The highest BCUT2D eigenvalue weighted by atomic mass is 16.5. The van der Waals surface area contributed by atoms with E-state index in [0.29, 0.717) is 0 Å². The first-order valence-corrected chi connectivity index (χ1v) is 8.84. The van der Waals surface area contributed by atoms with Crippen molar-refractivity contribution in [1.82, 2.24) is 5.32 Å². The highest BCUT2D eigenvalue weighted by Gasteiger charge is 2.13. The number of rotatable bonds is 4. The Balaban J connectivity index is 1.48. The summed E-state index contributed by atoms with van der Waals surface area (Å²) in [6.45, 7) is 2.32. The minimum Gasteiger partial charge on any atom is -0.457 e. The van der Waals surface area contributed by atoms with Gasteiger partial charge in [-0.3, -0.25) is 0 Å². The summed E-state index contributed by atoms with van der Waals surface area (Å²) in [7, 11) is 0. The third kappa shape index (κ3) is 3.44. The van der Waals surface area contributed by atoms with E-state index in [4.69, 9.17) is 4.74 Å². The van der Waals surface area contributed by atoms with Crippen molar-refractivity contribution in [2.75, 3.05) is 13.1 Å². The molecule has 0 aliphatic carbocycles. The summed E-state index contributed by atoms with van der Waals surface area (Å²) in [4.78, 5) is 0. The maximum absolute atomic E-state index is 6.13. The first kappa shape index (κ1) is 15.2. The molecule has 4 rings (SSSR count). The zero-order valence-corrected chi connectivity index (χ0v) is 13.9. The first-order chi connectivity index (χ1) is 11.9. The number of hydrogen-bond acceptors (Lipinski definition) is 2. The second-order valence-corrected chi connectivity index (χ2v) is 6.62. The van der Waals surface area contributed by atoms with Crippen molar-refractivity contribution in [2.45, 2.75) is 19.3 Å². The maximum atomic E-state index is 6.13. The molecule has 0 bridgehead atoms. The van der Waals surface area contributed by atoms with Crippen molar-refractivity contribution in [3.63, 3.8) is 0 Å². The van der Waals surface area contributed by atoms with Crippen LogP contribution in [0.15, 0.2) is 66.7 Å². The van der Waals surface area contributed by atoms with Crippen molar-refractivity contribution in [2.24, 2.45) is 5.92 Å². The Morgan fingerprint density at radius 2 is 1.58 bits per heavy atom. The monoisotopic (exact) mass is 317 g/mol. The second kappa shape index (κ2) is 7.06. The SMILES string of the molecule is c1ccc2c(Oc3ccc(CC4CCNCC4)cc3)cccc2c1. The number of nitrogens with one attached hydrogen (secondary N) is 1. The van der Waals surface area contributed by atoms with E-state index >= 15 is 0 Å². The maximum Gasteiger partial charge on any atom is 0.135 e. The summed E-state index contributed by atoms with van der Waals surface area (Å²) in [6, 6.07) is 23.1. The van der Waals surface area contributed by atoms with Crippen molar-refractivity contribution in [3.8, 4) is 11.5 Å². The zero-order valence-electron chi connectivity index (χ0n) is 13.9. The summed E-state index contributed by atoms with van der Waals surface area (Å²) in [5.74, 6) is 2.63. The molecule has 0 spiro atoms. The Labute approximate surface area is 143 Å². The van der Waals surface area contributed by atoms with E-state index in [2.05, 4.69) is 59.9 Å². The van der Waals surface area contributed by atoms with Crippen LogP contribution in [0.5, 0.6) is 11.5 Å². The van der Waals surface area contributed by atoms with E-state index in [1.165, 1.54) is 30.2 Å². The molecule has 2 heteroatoms. The molecule has 1 heterocycles. The molecule has 1 fully saturated rings. The smallest absolute Gasteiger partial charge is 0.135 e. The molecule has 1 aliphatic heterocycles. The molecule has 1 saturated heterocycles. The van der Waals surface area contributed by atoms with Crippen molar-refractivity contribution >= 4 is 10.8 Å². The van der Waals surface area contributed by atoms with Crippen LogP contribution >= 0.6 is 0 Å². The standard InChI is InChI=1S/C22H23NO/c1-2-6-21-19(4-1)5-3-7-22(21)24-20-10-8-17(9-11-20)16-18-12-14-23-15-13-18/h1-11,18,23H,12-16H2. The van der Waals surface area contributed by atoms with Gasteiger partial charge in [-0.15, -0.1) is 0 Å². The molecular weight excluding hydrogens is 294 g/mol. The van der Waals surface area contributed by atoms with Crippen molar-refractivity contribution < 1.29 is 4.74 Å². The van der Waals surface area contributed by atoms with Gasteiger partial charge in [0.15, 0.2) is 0 Å². The number of hydrogen-bond donors (Lipinski definition) is 1. The van der Waals surface area contributed by atoms with Gasteiger partial charge in [0.25, 0.3) is 0 Å². The average Bonchev–Trinajstić information content (AvgIpc) is 2.65. The molecule has 1 aliphatic rings. The zero-order chi connectivity index (χ0) is 16.2. The third-order valence-electron chi connectivity index (χ3n) is 4.88. The Kier molecular flexibility index (Phi) is 4.48. The minimum absolute atomic E-state index is 0.816. The average molecular weight is 317 g/mol. The second-order valence-electron chi connectivity index (χ2n) is 6.62. The van der Waals surface area contributed by atoms with Crippen LogP contribution in [0.2, 0.25) is 0 Å². The summed E-state index contributed by atoms with van der Waals surface area (Å²) < 4.78 is 6.13. The molecule has 0 atom stereocenters. The molecule has 122 valence electrons. The Morgan fingerprint density at radius 3 is 2.42 bits per heavy atom.